The van der Waals surface area contributed by atoms with Crippen LogP contribution in [0.25, 0.3) is 0 Å². The van der Waals surface area contributed by atoms with Crippen molar-refractivity contribution in [3.05, 3.63) is 79.1 Å². The number of rotatable bonds is 13. The average molecular weight is 296 g/mol. The first-order chi connectivity index (χ1) is 10.5. The highest BCUT2D eigenvalue weighted by Gasteiger charge is 2.09. The van der Waals surface area contributed by atoms with Crippen LogP contribution in [0.3, 0.4) is 0 Å². The maximum absolute atomic E-state index is 4.14. The zero-order valence-corrected chi connectivity index (χ0v) is 14.5. The van der Waals surface area contributed by atoms with Crippen LogP contribution in [0.2, 0.25) is 0 Å². The van der Waals surface area contributed by atoms with Crippen molar-refractivity contribution in [1.29, 1.82) is 0 Å². The highest BCUT2D eigenvalue weighted by molar-refractivity contribution is 5.59. The normalized spacial score (nSPS) is 9.68. The van der Waals surface area contributed by atoms with Crippen molar-refractivity contribution in [3.8, 4) is 0 Å². The molecule has 120 valence electrons. The van der Waals surface area contributed by atoms with Crippen LogP contribution in [0.4, 0.5) is 0 Å². The molecular formula is C22H32. The van der Waals surface area contributed by atoms with E-state index in [0.717, 1.165) is 40.7 Å². The molecule has 0 aliphatic rings. The minimum absolute atomic E-state index is 0.768. The molecular weight excluding hydrogens is 264 g/mol. The summed E-state index contributed by atoms with van der Waals surface area (Å²) in [5, 5.41) is 0. The van der Waals surface area contributed by atoms with Crippen molar-refractivity contribution in [2.75, 3.05) is 0 Å². The van der Waals surface area contributed by atoms with Crippen LogP contribution in [-0.2, 0) is 0 Å². The molecule has 0 heteroatoms. The van der Waals surface area contributed by atoms with Gasteiger partial charge in [-0.1, -0.05) is 84.9 Å². The fourth-order valence-electron chi connectivity index (χ4n) is 2.25. The summed E-state index contributed by atoms with van der Waals surface area (Å²) in [5.74, 6) is 0. The second kappa shape index (κ2) is 11.8. The van der Waals surface area contributed by atoms with Gasteiger partial charge in [0.15, 0.2) is 0 Å². The van der Waals surface area contributed by atoms with Crippen molar-refractivity contribution < 1.29 is 0 Å². The third-order valence-electron chi connectivity index (χ3n) is 3.90. The van der Waals surface area contributed by atoms with Gasteiger partial charge in [0, 0.05) is 0 Å². The molecule has 0 heterocycles. The zero-order valence-electron chi connectivity index (χ0n) is 14.5. The molecule has 22 heavy (non-hydrogen) atoms. The Balaban J connectivity index is 4.13. The predicted molar refractivity (Wildman–Crippen MR) is 102 cm³/mol. The monoisotopic (exact) mass is 296 g/mol. The van der Waals surface area contributed by atoms with Gasteiger partial charge in [0.2, 0.25) is 0 Å². The van der Waals surface area contributed by atoms with Crippen molar-refractivity contribution in [2.24, 2.45) is 0 Å². The van der Waals surface area contributed by atoms with Crippen molar-refractivity contribution in [1.82, 2.24) is 0 Å². The van der Waals surface area contributed by atoms with E-state index in [1.54, 1.807) is 6.08 Å². The molecule has 0 aromatic heterocycles. The lowest BCUT2D eigenvalue weighted by molar-refractivity contribution is 0.589. The number of unbranched alkanes of at least 4 members (excludes halogenated alkanes) is 6. The van der Waals surface area contributed by atoms with Crippen LogP contribution in [0, 0.1) is 0 Å². The Morgan fingerprint density at radius 1 is 0.773 bits per heavy atom. The molecule has 0 aromatic rings. The molecule has 0 bridgehead atoms. The lowest BCUT2D eigenvalue weighted by Gasteiger charge is -2.14. The standard InChI is InChI=1S/C22H32/c1-8-10-11-12-13-14-15-17-19(4)21(6)22(7)20(5)18(3)16-9-2/h16H,2-8,10-15,17H2,1H3. The molecule has 0 spiro atoms. The summed E-state index contributed by atoms with van der Waals surface area (Å²) in [5.41, 5.74) is 7.00. The van der Waals surface area contributed by atoms with E-state index in [2.05, 4.69) is 52.1 Å². The highest BCUT2D eigenvalue weighted by Crippen LogP contribution is 2.28. The van der Waals surface area contributed by atoms with Gasteiger partial charge in [-0.3, -0.25) is 0 Å². The van der Waals surface area contributed by atoms with E-state index in [9.17, 15) is 0 Å². The Morgan fingerprint density at radius 2 is 1.32 bits per heavy atom. The lowest BCUT2D eigenvalue weighted by atomic mass is 9.90. The van der Waals surface area contributed by atoms with Crippen molar-refractivity contribution in [2.45, 2.75) is 58.3 Å². The first-order valence-corrected chi connectivity index (χ1v) is 8.26. The largest absolute Gasteiger partial charge is 0.128 e. The molecule has 0 saturated carbocycles. The van der Waals surface area contributed by atoms with Gasteiger partial charge in [-0.25, -0.2) is 0 Å². The summed E-state index contributed by atoms with van der Waals surface area (Å²) >= 11 is 0. The first kappa shape index (κ1) is 20.2. The smallest absolute Gasteiger partial charge is 0.0133 e. The summed E-state index contributed by atoms with van der Waals surface area (Å²) in [6, 6.07) is 0. The van der Waals surface area contributed by atoms with E-state index in [1.165, 1.54) is 38.5 Å². The maximum atomic E-state index is 4.14. The lowest BCUT2D eigenvalue weighted by Crippen LogP contribution is -1.96. The van der Waals surface area contributed by atoms with E-state index in [0.29, 0.717) is 0 Å². The zero-order chi connectivity index (χ0) is 17.0. The molecule has 0 N–H and O–H groups in total. The summed E-state index contributed by atoms with van der Waals surface area (Å²) < 4.78 is 0. The predicted octanol–water partition coefficient (Wildman–Crippen LogP) is 7.25. The molecule has 0 nitrogen and oxygen atoms in total. The molecule has 0 aliphatic heterocycles. The second-order valence-corrected chi connectivity index (χ2v) is 5.78. The summed E-state index contributed by atoms with van der Waals surface area (Å²) in [7, 11) is 0. The molecule has 0 fully saturated rings. The molecule has 0 unspecified atom stereocenters. The Labute approximate surface area is 138 Å². The van der Waals surface area contributed by atoms with Crippen molar-refractivity contribution >= 4 is 0 Å². The SMILES string of the molecule is C=C=CC(=C)C(=C)C(=C)C(=C)C(=C)CCCCCCCCC. The maximum Gasteiger partial charge on any atom is -0.0133 e. The van der Waals surface area contributed by atoms with Gasteiger partial charge >= 0.3 is 0 Å². The van der Waals surface area contributed by atoms with Gasteiger partial charge < -0.3 is 0 Å². The third-order valence-corrected chi connectivity index (χ3v) is 3.90. The Morgan fingerprint density at radius 3 is 1.86 bits per heavy atom. The fourth-order valence-corrected chi connectivity index (χ4v) is 2.25. The Kier molecular flexibility index (Phi) is 10.9. The quantitative estimate of drug-likeness (QED) is 0.191. The van der Waals surface area contributed by atoms with E-state index in [1.807, 2.05) is 0 Å². The average Bonchev–Trinajstić information content (AvgIpc) is 2.51. The topological polar surface area (TPSA) is 0 Å². The van der Waals surface area contributed by atoms with E-state index in [4.69, 9.17) is 0 Å². The van der Waals surface area contributed by atoms with Crippen LogP contribution in [-0.4, -0.2) is 0 Å². The Bertz CT molecular complexity index is 478. The van der Waals surface area contributed by atoms with Crippen molar-refractivity contribution in [3.63, 3.8) is 0 Å². The minimum Gasteiger partial charge on any atom is -0.128 e. The van der Waals surface area contributed by atoms with Gasteiger partial charge in [-0.15, -0.1) is 5.73 Å². The van der Waals surface area contributed by atoms with Crippen LogP contribution >= 0.6 is 0 Å². The molecule has 0 saturated heterocycles. The first-order valence-electron chi connectivity index (χ1n) is 8.26. The third kappa shape index (κ3) is 7.86. The molecule has 0 radical (unpaired) electrons. The Hall–Kier alpha value is -1.78. The molecule has 0 atom stereocenters. The van der Waals surface area contributed by atoms with Gasteiger partial charge in [0.05, 0.1) is 0 Å². The molecule has 0 aliphatic carbocycles. The van der Waals surface area contributed by atoms with Gasteiger partial charge in [0.25, 0.3) is 0 Å². The van der Waals surface area contributed by atoms with Gasteiger partial charge in [-0.05, 0) is 46.8 Å². The number of hydrogen-bond donors (Lipinski definition) is 0. The van der Waals surface area contributed by atoms with E-state index >= 15 is 0 Å². The van der Waals surface area contributed by atoms with E-state index in [-0.39, 0.29) is 0 Å². The van der Waals surface area contributed by atoms with Crippen LogP contribution in [0.1, 0.15) is 58.3 Å². The summed E-state index contributed by atoms with van der Waals surface area (Å²) in [6.45, 7) is 26.1. The van der Waals surface area contributed by atoms with E-state index < -0.39 is 0 Å². The van der Waals surface area contributed by atoms with Gasteiger partial charge in [0.1, 0.15) is 0 Å². The van der Waals surface area contributed by atoms with Crippen LogP contribution in [0.15, 0.2) is 79.1 Å². The summed E-state index contributed by atoms with van der Waals surface area (Å²) in [6.07, 6.45) is 11.8. The summed E-state index contributed by atoms with van der Waals surface area (Å²) in [4.78, 5) is 0. The number of allylic oxidation sites excluding steroid dienone is 6. The molecule has 0 aromatic carbocycles. The second-order valence-electron chi connectivity index (χ2n) is 5.78. The highest BCUT2D eigenvalue weighted by atomic mass is 14.1. The van der Waals surface area contributed by atoms with Crippen LogP contribution in [0.5, 0.6) is 0 Å². The van der Waals surface area contributed by atoms with Gasteiger partial charge in [-0.2, -0.15) is 0 Å². The molecule has 0 amide bonds. The van der Waals surface area contributed by atoms with Crippen LogP contribution < -0.4 is 0 Å². The number of hydrogen-bond acceptors (Lipinski definition) is 0. The fraction of sp³-hybridized carbons (Fsp3) is 0.409. The minimum atomic E-state index is 0.768. The molecule has 0 rings (SSSR count).